The maximum atomic E-state index is 5.39. The van der Waals surface area contributed by atoms with E-state index in [-0.39, 0.29) is 6.79 Å². The van der Waals surface area contributed by atoms with Crippen molar-refractivity contribution >= 4 is 0 Å². The van der Waals surface area contributed by atoms with E-state index < -0.39 is 0 Å². The summed E-state index contributed by atoms with van der Waals surface area (Å²) in [5, 5.41) is 3.37. The van der Waals surface area contributed by atoms with Gasteiger partial charge in [-0.1, -0.05) is 0 Å². The molecular formula is C14H21NO4. The molecule has 5 heteroatoms. The van der Waals surface area contributed by atoms with Gasteiger partial charge in [-0.15, -0.1) is 0 Å². The van der Waals surface area contributed by atoms with Crippen molar-refractivity contribution in [3.05, 3.63) is 17.7 Å². The normalized spacial score (nSPS) is 12.7. The van der Waals surface area contributed by atoms with Gasteiger partial charge in [0.05, 0.1) is 7.11 Å². The van der Waals surface area contributed by atoms with Crippen LogP contribution in [0.1, 0.15) is 18.9 Å². The minimum absolute atomic E-state index is 0.261. The van der Waals surface area contributed by atoms with Gasteiger partial charge in [-0.2, -0.15) is 0 Å². The van der Waals surface area contributed by atoms with E-state index in [2.05, 4.69) is 5.32 Å². The van der Waals surface area contributed by atoms with Gasteiger partial charge in [-0.25, -0.2) is 0 Å². The first kappa shape index (κ1) is 14.0. The number of methoxy groups -OCH3 is 1. The van der Waals surface area contributed by atoms with Crippen LogP contribution >= 0.6 is 0 Å². The lowest BCUT2D eigenvalue weighted by molar-refractivity contribution is 0.144. The van der Waals surface area contributed by atoms with E-state index in [0.29, 0.717) is 5.75 Å². The van der Waals surface area contributed by atoms with Crippen LogP contribution in [0.5, 0.6) is 17.2 Å². The van der Waals surface area contributed by atoms with Crippen molar-refractivity contribution in [2.45, 2.75) is 19.9 Å². The lowest BCUT2D eigenvalue weighted by Crippen LogP contribution is -2.16. The molecule has 0 aromatic heterocycles. The predicted molar refractivity (Wildman–Crippen MR) is 71.9 cm³/mol. The lowest BCUT2D eigenvalue weighted by atomic mass is 10.2. The summed E-state index contributed by atoms with van der Waals surface area (Å²) >= 11 is 0. The summed E-state index contributed by atoms with van der Waals surface area (Å²) in [5.74, 6) is 2.18. The highest BCUT2D eigenvalue weighted by molar-refractivity contribution is 5.55. The lowest BCUT2D eigenvalue weighted by Gasteiger charge is -2.09. The Bertz CT molecular complexity index is 409. The Morgan fingerprint density at radius 2 is 2.21 bits per heavy atom. The van der Waals surface area contributed by atoms with Gasteiger partial charge in [0, 0.05) is 19.8 Å². The molecule has 0 bridgehead atoms. The van der Waals surface area contributed by atoms with Crippen molar-refractivity contribution in [2.24, 2.45) is 0 Å². The molecule has 0 aliphatic carbocycles. The fourth-order valence-corrected chi connectivity index (χ4v) is 1.96. The zero-order chi connectivity index (χ0) is 13.5. The van der Waals surface area contributed by atoms with Gasteiger partial charge in [0.15, 0.2) is 11.5 Å². The Morgan fingerprint density at radius 3 is 3.00 bits per heavy atom. The molecule has 0 atom stereocenters. The molecule has 0 amide bonds. The smallest absolute Gasteiger partial charge is 0.231 e. The number of hydrogen-bond acceptors (Lipinski definition) is 5. The molecule has 1 heterocycles. The summed E-state index contributed by atoms with van der Waals surface area (Å²) in [5.41, 5.74) is 1.12. The summed E-state index contributed by atoms with van der Waals surface area (Å²) in [7, 11) is 1.64. The molecule has 0 unspecified atom stereocenters. The van der Waals surface area contributed by atoms with Crippen molar-refractivity contribution < 1.29 is 18.9 Å². The standard InChI is InChI=1S/C14H21NO4/c1-3-17-6-4-5-15-9-11-7-12(16-2)14-13(8-11)18-10-19-14/h7-8,15H,3-6,9-10H2,1-2H3. The van der Waals surface area contributed by atoms with E-state index in [1.807, 2.05) is 19.1 Å². The topological polar surface area (TPSA) is 49.0 Å². The molecule has 5 nitrogen and oxygen atoms in total. The summed E-state index contributed by atoms with van der Waals surface area (Å²) in [6.07, 6.45) is 1.01. The van der Waals surface area contributed by atoms with Gasteiger partial charge < -0.3 is 24.3 Å². The van der Waals surface area contributed by atoms with Crippen LogP contribution in [-0.2, 0) is 11.3 Å². The highest BCUT2D eigenvalue weighted by atomic mass is 16.7. The third-order valence-electron chi connectivity index (χ3n) is 2.89. The average Bonchev–Trinajstić information content (AvgIpc) is 2.90. The second kappa shape index (κ2) is 7.21. The van der Waals surface area contributed by atoms with Gasteiger partial charge in [-0.05, 0) is 37.6 Å². The minimum Gasteiger partial charge on any atom is -0.493 e. The molecule has 2 rings (SSSR count). The third kappa shape index (κ3) is 3.75. The van der Waals surface area contributed by atoms with E-state index >= 15 is 0 Å². The quantitative estimate of drug-likeness (QED) is 0.729. The molecule has 1 N–H and O–H groups in total. The Balaban J connectivity index is 1.84. The molecule has 0 fully saturated rings. The van der Waals surface area contributed by atoms with Crippen molar-refractivity contribution in [3.8, 4) is 17.2 Å². The fraction of sp³-hybridized carbons (Fsp3) is 0.571. The predicted octanol–water partition coefficient (Wildman–Crippen LogP) is 1.94. The first-order valence-corrected chi connectivity index (χ1v) is 6.60. The van der Waals surface area contributed by atoms with Crippen molar-refractivity contribution in [1.29, 1.82) is 0 Å². The van der Waals surface area contributed by atoms with Crippen LogP contribution in [0, 0.1) is 0 Å². The second-order valence-corrected chi connectivity index (χ2v) is 4.26. The first-order valence-electron chi connectivity index (χ1n) is 6.60. The van der Waals surface area contributed by atoms with Crippen LogP contribution in [0.25, 0.3) is 0 Å². The van der Waals surface area contributed by atoms with Crippen LogP contribution in [-0.4, -0.2) is 33.7 Å². The zero-order valence-corrected chi connectivity index (χ0v) is 11.5. The second-order valence-electron chi connectivity index (χ2n) is 4.26. The van der Waals surface area contributed by atoms with Gasteiger partial charge in [0.25, 0.3) is 0 Å². The molecule has 19 heavy (non-hydrogen) atoms. The number of hydrogen-bond donors (Lipinski definition) is 1. The number of benzene rings is 1. The third-order valence-corrected chi connectivity index (χ3v) is 2.89. The molecule has 0 saturated carbocycles. The number of nitrogens with one attached hydrogen (secondary N) is 1. The van der Waals surface area contributed by atoms with E-state index in [0.717, 1.165) is 49.8 Å². The van der Waals surface area contributed by atoms with E-state index in [4.69, 9.17) is 18.9 Å². The molecule has 0 saturated heterocycles. The maximum Gasteiger partial charge on any atom is 0.231 e. The largest absolute Gasteiger partial charge is 0.493 e. The summed E-state index contributed by atoms with van der Waals surface area (Å²) in [4.78, 5) is 0. The maximum absolute atomic E-state index is 5.39. The summed E-state index contributed by atoms with van der Waals surface area (Å²) < 4.78 is 21.3. The van der Waals surface area contributed by atoms with Crippen LogP contribution in [0.3, 0.4) is 0 Å². The Kier molecular flexibility index (Phi) is 5.30. The van der Waals surface area contributed by atoms with Crippen LogP contribution in [0.4, 0.5) is 0 Å². The Morgan fingerprint density at radius 1 is 1.32 bits per heavy atom. The molecule has 1 aromatic carbocycles. The van der Waals surface area contributed by atoms with E-state index in [9.17, 15) is 0 Å². The molecule has 1 aliphatic heterocycles. The van der Waals surface area contributed by atoms with Crippen molar-refractivity contribution in [2.75, 3.05) is 33.7 Å². The number of rotatable bonds is 8. The summed E-state index contributed by atoms with van der Waals surface area (Å²) in [6, 6.07) is 3.96. The van der Waals surface area contributed by atoms with Gasteiger partial charge in [0.2, 0.25) is 12.5 Å². The van der Waals surface area contributed by atoms with Crippen LogP contribution < -0.4 is 19.5 Å². The molecular weight excluding hydrogens is 246 g/mol. The zero-order valence-electron chi connectivity index (χ0n) is 11.5. The number of ether oxygens (including phenoxy) is 4. The van der Waals surface area contributed by atoms with Crippen molar-refractivity contribution in [1.82, 2.24) is 5.32 Å². The first-order chi connectivity index (χ1) is 9.35. The van der Waals surface area contributed by atoms with E-state index in [1.165, 1.54) is 0 Å². The molecule has 106 valence electrons. The van der Waals surface area contributed by atoms with Crippen molar-refractivity contribution in [3.63, 3.8) is 0 Å². The van der Waals surface area contributed by atoms with Gasteiger partial charge in [0.1, 0.15) is 0 Å². The Labute approximate surface area is 113 Å². The fourth-order valence-electron chi connectivity index (χ4n) is 1.96. The minimum atomic E-state index is 0.261. The van der Waals surface area contributed by atoms with Gasteiger partial charge in [-0.3, -0.25) is 0 Å². The highest BCUT2D eigenvalue weighted by Crippen LogP contribution is 2.41. The Hall–Kier alpha value is -1.46. The highest BCUT2D eigenvalue weighted by Gasteiger charge is 2.19. The molecule has 1 aromatic rings. The van der Waals surface area contributed by atoms with E-state index in [1.54, 1.807) is 7.11 Å². The molecule has 0 spiro atoms. The average molecular weight is 267 g/mol. The number of fused-ring (bicyclic) bond motifs is 1. The van der Waals surface area contributed by atoms with Crippen LogP contribution in [0.2, 0.25) is 0 Å². The molecule has 0 radical (unpaired) electrons. The SMILES string of the molecule is CCOCCCNCc1cc(OC)c2c(c1)OCO2. The van der Waals surface area contributed by atoms with Crippen LogP contribution in [0.15, 0.2) is 12.1 Å². The monoisotopic (exact) mass is 267 g/mol. The van der Waals surface area contributed by atoms with Gasteiger partial charge >= 0.3 is 0 Å². The summed E-state index contributed by atoms with van der Waals surface area (Å²) in [6.45, 7) is 5.55. The molecule has 1 aliphatic rings.